The molecule has 1 aliphatic heterocycles. The molecule has 0 saturated heterocycles. The summed E-state index contributed by atoms with van der Waals surface area (Å²) in [5.41, 5.74) is 3.22. The summed E-state index contributed by atoms with van der Waals surface area (Å²) in [4.78, 5) is 8.22. The Morgan fingerprint density at radius 2 is 2.00 bits per heavy atom. The van der Waals surface area contributed by atoms with E-state index < -0.39 is 5.66 Å². The average molecular weight is 451 g/mol. The molecule has 0 radical (unpaired) electrons. The lowest BCUT2D eigenvalue weighted by atomic mass is 9.85. The second kappa shape index (κ2) is 8.30. The first-order chi connectivity index (χ1) is 12.8. The van der Waals surface area contributed by atoms with E-state index in [2.05, 4.69) is 59.9 Å². The van der Waals surface area contributed by atoms with Gasteiger partial charge in [0.15, 0.2) is 5.66 Å². The third-order valence-corrected chi connectivity index (χ3v) is 7.71. The number of hydrogen-bond acceptors (Lipinski definition) is 3. The molecule has 1 aromatic rings. The van der Waals surface area contributed by atoms with E-state index in [-0.39, 0.29) is 6.10 Å². The van der Waals surface area contributed by atoms with Gasteiger partial charge in [0, 0.05) is 24.2 Å². The van der Waals surface area contributed by atoms with Gasteiger partial charge in [0.2, 0.25) is 0 Å². The molecule has 3 nitrogen and oxygen atoms in total. The van der Waals surface area contributed by atoms with Gasteiger partial charge in [-0.15, -0.1) is 0 Å². The molecule has 27 heavy (non-hydrogen) atoms. The summed E-state index contributed by atoms with van der Waals surface area (Å²) in [6.45, 7) is 6.78. The van der Waals surface area contributed by atoms with Crippen molar-refractivity contribution < 1.29 is 4.74 Å². The number of methoxy groups -OCH3 is 1. The Morgan fingerprint density at radius 1 is 1.26 bits per heavy atom. The molecule has 2 aliphatic rings. The third kappa shape index (κ3) is 4.01. The highest BCUT2D eigenvalue weighted by atomic mass is 79.9. The number of hydrogen-bond donors (Lipinski definition) is 0. The van der Waals surface area contributed by atoms with Crippen LogP contribution in [0.4, 0.5) is 0 Å². The quantitative estimate of drug-likeness (QED) is 0.509. The molecule has 5 heteroatoms. The van der Waals surface area contributed by atoms with E-state index in [4.69, 9.17) is 21.9 Å². The van der Waals surface area contributed by atoms with Gasteiger partial charge in [-0.25, -0.2) is 0 Å². The number of aliphatic imine (C=N–C) groups is 1. The van der Waals surface area contributed by atoms with Crippen LogP contribution in [0.3, 0.4) is 0 Å². The molecule has 1 heterocycles. The van der Waals surface area contributed by atoms with Gasteiger partial charge in [-0.05, 0) is 68.6 Å². The standard InChI is InChI=1S/C22H31BrN2OS/c1-14-6-7-17-8-9-18(23)13-20(17)22(24-16(3)21(27)25(22)4)11-10-19(26-5)12-15(14)2/h8-9,13-15,19H,6-7,10-12H2,1-5H3. The van der Waals surface area contributed by atoms with Crippen LogP contribution in [-0.4, -0.2) is 35.9 Å². The Balaban J connectivity index is 2.13. The van der Waals surface area contributed by atoms with Gasteiger partial charge in [-0.2, -0.15) is 0 Å². The van der Waals surface area contributed by atoms with Crippen molar-refractivity contribution in [3.63, 3.8) is 0 Å². The molecule has 3 rings (SSSR count). The molecule has 0 aromatic heterocycles. The SMILES string of the molecule is COC1CCC2(N=C(C)C(=S)N2C)c2cc(Br)ccc2CCC(C)C(C)C1. The number of aryl methyl sites for hydroxylation is 1. The summed E-state index contributed by atoms with van der Waals surface area (Å²) >= 11 is 9.38. The molecule has 0 N–H and O–H groups in total. The lowest BCUT2D eigenvalue weighted by Crippen LogP contribution is -2.42. The van der Waals surface area contributed by atoms with Crippen molar-refractivity contribution in [1.29, 1.82) is 0 Å². The molecule has 1 spiro atoms. The molecular weight excluding hydrogens is 420 g/mol. The number of rotatable bonds is 1. The fourth-order valence-electron chi connectivity index (χ4n) is 4.56. The molecular formula is C22H31BrN2OS. The molecule has 0 bridgehead atoms. The van der Waals surface area contributed by atoms with Crippen molar-refractivity contribution >= 4 is 38.8 Å². The zero-order valence-corrected chi connectivity index (χ0v) is 19.5. The maximum absolute atomic E-state index is 5.88. The average Bonchev–Trinajstić information content (AvgIpc) is 2.86. The lowest BCUT2D eigenvalue weighted by molar-refractivity contribution is 0.0532. The molecule has 0 fully saturated rings. The predicted octanol–water partition coefficient (Wildman–Crippen LogP) is 5.74. The molecule has 0 amide bonds. The summed E-state index contributed by atoms with van der Waals surface area (Å²) in [5.74, 6) is 1.32. The first-order valence-electron chi connectivity index (χ1n) is 9.94. The van der Waals surface area contributed by atoms with Crippen molar-refractivity contribution in [2.24, 2.45) is 16.8 Å². The van der Waals surface area contributed by atoms with Crippen LogP contribution in [0.2, 0.25) is 0 Å². The van der Waals surface area contributed by atoms with Gasteiger partial charge in [0.05, 0.1) is 11.8 Å². The molecule has 1 aliphatic carbocycles. The fraction of sp³-hybridized carbons (Fsp3) is 0.636. The van der Waals surface area contributed by atoms with Crippen molar-refractivity contribution in [3.05, 3.63) is 33.8 Å². The molecule has 4 unspecified atom stereocenters. The number of benzene rings is 1. The zero-order valence-electron chi connectivity index (χ0n) is 17.1. The minimum Gasteiger partial charge on any atom is -0.381 e. The van der Waals surface area contributed by atoms with E-state index in [9.17, 15) is 0 Å². The number of halogens is 1. The summed E-state index contributed by atoms with van der Waals surface area (Å²) < 4.78 is 6.97. The van der Waals surface area contributed by atoms with Crippen LogP contribution < -0.4 is 0 Å². The Kier molecular flexibility index (Phi) is 6.44. The Bertz CT molecular complexity index is 750. The van der Waals surface area contributed by atoms with Gasteiger partial charge >= 0.3 is 0 Å². The lowest BCUT2D eigenvalue weighted by Gasteiger charge is -2.38. The minimum atomic E-state index is -0.423. The van der Waals surface area contributed by atoms with Gasteiger partial charge < -0.3 is 9.64 Å². The van der Waals surface area contributed by atoms with Crippen molar-refractivity contribution in [1.82, 2.24) is 4.90 Å². The summed E-state index contributed by atoms with van der Waals surface area (Å²) in [5, 5.41) is 0. The van der Waals surface area contributed by atoms with Gasteiger partial charge in [-0.1, -0.05) is 48.1 Å². The monoisotopic (exact) mass is 450 g/mol. The zero-order chi connectivity index (χ0) is 19.8. The minimum absolute atomic E-state index is 0.256. The van der Waals surface area contributed by atoms with E-state index in [1.807, 2.05) is 14.0 Å². The predicted molar refractivity (Wildman–Crippen MR) is 121 cm³/mol. The maximum atomic E-state index is 5.88. The molecule has 148 valence electrons. The highest BCUT2D eigenvalue weighted by Crippen LogP contribution is 2.43. The number of nitrogens with zero attached hydrogens (tertiary/aromatic N) is 2. The fourth-order valence-corrected chi connectivity index (χ4v) is 5.12. The van der Waals surface area contributed by atoms with Crippen LogP contribution in [-0.2, 0) is 16.8 Å². The van der Waals surface area contributed by atoms with Crippen molar-refractivity contribution in [3.8, 4) is 0 Å². The van der Waals surface area contributed by atoms with Crippen LogP contribution in [0, 0.1) is 11.8 Å². The summed E-state index contributed by atoms with van der Waals surface area (Å²) in [6.07, 6.45) is 5.49. The van der Waals surface area contributed by atoms with E-state index in [1.54, 1.807) is 0 Å². The Morgan fingerprint density at radius 3 is 2.63 bits per heavy atom. The highest BCUT2D eigenvalue weighted by Gasteiger charge is 2.44. The van der Waals surface area contributed by atoms with E-state index in [1.165, 1.54) is 17.5 Å². The number of fused-ring (bicyclic) bond motifs is 2. The van der Waals surface area contributed by atoms with Crippen LogP contribution in [0.15, 0.2) is 27.7 Å². The second-order valence-corrected chi connectivity index (χ2v) is 9.61. The molecule has 1 aromatic carbocycles. The molecule has 0 saturated carbocycles. The van der Waals surface area contributed by atoms with E-state index in [0.717, 1.165) is 40.9 Å². The van der Waals surface area contributed by atoms with Crippen molar-refractivity contribution in [2.45, 2.75) is 64.6 Å². The number of thiocarbonyl (C=S) groups is 1. The normalized spacial score (nSPS) is 32.2. The van der Waals surface area contributed by atoms with Crippen LogP contribution >= 0.6 is 28.1 Å². The summed E-state index contributed by atoms with van der Waals surface area (Å²) in [6, 6.07) is 6.68. The van der Waals surface area contributed by atoms with E-state index in [0.29, 0.717) is 11.8 Å². The summed E-state index contributed by atoms with van der Waals surface area (Å²) in [7, 11) is 3.94. The van der Waals surface area contributed by atoms with E-state index >= 15 is 0 Å². The van der Waals surface area contributed by atoms with Gasteiger partial charge in [0.25, 0.3) is 0 Å². The van der Waals surface area contributed by atoms with Gasteiger partial charge in [-0.3, -0.25) is 4.99 Å². The molecule has 4 atom stereocenters. The van der Waals surface area contributed by atoms with Crippen molar-refractivity contribution in [2.75, 3.05) is 14.2 Å². The first-order valence-corrected chi connectivity index (χ1v) is 11.1. The third-order valence-electron chi connectivity index (χ3n) is 6.65. The topological polar surface area (TPSA) is 24.8 Å². The second-order valence-electron chi connectivity index (χ2n) is 8.30. The van der Waals surface area contributed by atoms with Crippen LogP contribution in [0.5, 0.6) is 0 Å². The van der Waals surface area contributed by atoms with Crippen LogP contribution in [0.25, 0.3) is 0 Å². The highest BCUT2D eigenvalue weighted by molar-refractivity contribution is 9.10. The number of ether oxygens (including phenoxy) is 1. The Labute approximate surface area is 177 Å². The largest absolute Gasteiger partial charge is 0.381 e. The van der Waals surface area contributed by atoms with Gasteiger partial charge in [0.1, 0.15) is 4.99 Å². The van der Waals surface area contributed by atoms with Crippen LogP contribution in [0.1, 0.15) is 57.6 Å². The Hall–Kier alpha value is -0.780. The maximum Gasteiger partial charge on any atom is 0.159 e. The smallest absolute Gasteiger partial charge is 0.159 e. The first kappa shape index (κ1) is 20.9.